The fraction of sp³-hybridized carbons (Fsp3) is 0.545. The van der Waals surface area contributed by atoms with Gasteiger partial charge in [-0.15, -0.1) is 0 Å². The van der Waals surface area contributed by atoms with Gasteiger partial charge in [-0.3, -0.25) is 29.4 Å². The van der Waals surface area contributed by atoms with E-state index in [0.717, 1.165) is 41.8 Å². The van der Waals surface area contributed by atoms with E-state index in [1.165, 1.54) is 12.8 Å². The van der Waals surface area contributed by atoms with Crippen LogP contribution in [0.4, 0.5) is 0 Å². The lowest BCUT2D eigenvalue weighted by atomic mass is 9.79. The van der Waals surface area contributed by atoms with Crippen molar-refractivity contribution in [3.8, 4) is 0 Å². The monoisotopic (exact) mass is 410 g/mol. The van der Waals surface area contributed by atoms with E-state index in [1.54, 1.807) is 12.1 Å². The number of rotatable bonds is 4. The molecule has 158 valence electrons. The summed E-state index contributed by atoms with van der Waals surface area (Å²) in [5, 5.41) is 9.32. The largest absolute Gasteiger partial charge is 0.316 e. The molecule has 2 saturated heterocycles. The van der Waals surface area contributed by atoms with Crippen LogP contribution in [0, 0.1) is 11.8 Å². The van der Waals surface area contributed by atoms with Gasteiger partial charge in [0.2, 0.25) is 11.8 Å². The van der Waals surface area contributed by atoms with Crippen LogP contribution in [0.2, 0.25) is 0 Å². The van der Waals surface area contributed by atoms with Gasteiger partial charge in [0.05, 0.1) is 11.1 Å². The molecule has 4 aliphatic rings. The van der Waals surface area contributed by atoms with E-state index in [1.807, 2.05) is 6.07 Å². The van der Waals surface area contributed by atoms with Crippen LogP contribution in [0.3, 0.4) is 0 Å². The molecule has 0 bridgehead atoms. The van der Waals surface area contributed by atoms with Crippen LogP contribution in [-0.2, 0) is 16.1 Å². The van der Waals surface area contributed by atoms with Crippen molar-refractivity contribution in [2.24, 2.45) is 11.8 Å². The fourth-order valence-corrected chi connectivity index (χ4v) is 5.38. The molecule has 0 spiro atoms. The maximum Gasteiger partial charge on any atom is 0.262 e. The third kappa shape index (κ3) is 3.33. The lowest BCUT2D eigenvalue weighted by molar-refractivity contribution is -0.136. The number of amides is 4. The second-order valence-electron chi connectivity index (χ2n) is 8.90. The van der Waals surface area contributed by atoms with Crippen LogP contribution in [0.5, 0.6) is 0 Å². The number of imide groups is 2. The van der Waals surface area contributed by atoms with Crippen molar-refractivity contribution in [1.82, 2.24) is 20.9 Å². The van der Waals surface area contributed by atoms with Crippen molar-refractivity contribution in [3.05, 3.63) is 34.9 Å². The highest BCUT2D eigenvalue weighted by Crippen LogP contribution is 2.33. The Bertz CT molecular complexity index is 930. The van der Waals surface area contributed by atoms with Gasteiger partial charge in [-0.05, 0) is 68.3 Å². The van der Waals surface area contributed by atoms with E-state index in [0.29, 0.717) is 23.7 Å². The first-order chi connectivity index (χ1) is 14.5. The van der Waals surface area contributed by atoms with Crippen LogP contribution in [0.15, 0.2) is 18.2 Å². The molecule has 0 radical (unpaired) electrons. The van der Waals surface area contributed by atoms with Crippen LogP contribution < -0.4 is 16.0 Å². The first-order valence-electron chi connectivity index (χ1n) is 10.8. The highest BCUT2D eigenvalue weighted by Gasteiger charge is 2.44. The van der Waals surface area contributed by atoms with Crippen LogP contribution in [0.1, 0.15) is 58.4 Å². The smallest absolute Gasteiger partial charge is 0.262 e. The molecule has 1 saturated carbocycles. The molecule has 4 amide bonds. The average molecular weight is 410 g/mol. The molecular formula is C22H26N4O4. The first kappa shape index (κ1) is 19.4. The van der Waals surface area contributed by atoms with Crippen LogP contribution in [-0.4, -0.2) is 53.7 Å². The standard InChI is InChI=1S/C22H26N4O4/c27-19-6-5-18(20(28)25-19)26-21(29)16-4-1-12(7-17(16)22(26)30)9-24-15-3-2-13-10-23-11-14(13)8-15/h1,4,7,13-15,18,23-24H,2-3,5-6,8-11H2,(H,25,27,28). The third-order valence-corrected chi connectivity index (χ3v) is 7.05. The minimum atomic E-state index is -0.924. The summed E-state index contributed by atoms with van der Waals surface area (Å²) in [5.41, 5.74) is 1.62. The highest BCUT2D eigenvalue weighted by molar-refractivity contribution is 6.23. The summed E-state index contributed by atoms with van der Waals surface area (Å²) in [5.74, 6) is -0.314. The summed E-state index contributed by atoms with van der Waals surface area (Å²) in [7, 11) is 0. The van der Waals surface area contributed by atoms with Gasteiger partial charge in [0.1, 0.15) is 6.04 Å². The Labute approximate surface area is 174 Å². The number of nitrogens with one attached hydrogen (secondary N) is 3. The van der Waals surface area contributed by atoms with Crippen molar-refractivity contribution < 1.29 is 19.2 Å². The zero-order valence-corrected chi connectivity index (χ0v) is 16.8. The molecule has 5 rings (SSSR count). The molecule has 1 aliphatic carbocycles. The molecule has 8 heteroatoms. The minimum absolute atomic E-state index is 0.123. The van der Waals surface area contributed by atoms with Gasteiger partial charge in [-0.25, -0.2) is 0 Å². The van der Waals surface area contributed by atoms with E-state index in [2.05, 4.69) is 16.0 Å². The normalized spacial score (nSPS) is 31.0. The summed E-state index contributed by atoms with van der Waals surface area (Å²) in [6.45, 7) is 2.89. The number of fused-ring (bicyclic) bond motifs is 2. The number of piperidine rings is 1. The molecule has 30 heavy (non-hydrogen) atoms. The van der Waals surface area contributed by atoms with E-state index in [9.17, 15) is 19.2 Å². The van der Waals surface area contributed by atoms with Gasteiger partial charge in [0.15, 0.2) is 0 Å². The molecule has 3 N–H and O–H groups in total. The Morgan fingerprint density at radius 2 is 1.77 bits per heavy atom. The van der Waals surface area contributed by atoms with E-state index < -0.39 is 23.8 Å². The van der Waals surface area contributed by atoms with Gasteiger partial charge >= 0.3 is 0 Å². The molecule has 4 atom stereocenters. The fourth-order valence-electron chi connectivity index (χ4n) is 5.38. The lowest BCUT2D eigenvalue weighted by Gasteiger charge is -2.31. The van der Waals surface area contributed by atoms with Crippen LogP contribution >= 0.6 is 0 Å². The maximum absolute atomic E-state index is 12.9. The van der Waals surface area contributed by atoms with Crippen molar-refractivity contribution in [2.75, 3.05) is 13.1 Å². The van der Waals surface area contributed by atoms with Crippen molar-refractivity contribution in [2.45, 2.75) is 50.7 Å². The SMILES string of the molecule is O=C1CCC(N2C(=O)c3ccc(CNC4CCC5CNCC5C4)cc3C2=O)C(=O)N1. The molecule has 3 fully saturated rings. The summed E-state index contributed by atoms with van der Waals surface area (Å²) in [6, 6.07) is 4.85. The highest BCUT2D eigenvalue weighted by atomic mass is 16.2. The Kier molecular flexibility index (Phi) is 4.91. The quantitative estimate of drug-likeness (QED) is 0.627. The molecule has 3 heterocycles. The van der Waals surface area contributed by atoms with E-state index >= 15 is 0 Å². The molecule has 1 aromatic rings. The Balaban J connectivity index is 1.27. The molecule has 3 aliphatic heterocycles. The summed E-state index contributed by atoms with van der Waals surface area (Å²) in [6.07, 6.45) is 3.87. The number of benzene rings is 1. The van der Waals surface area contributed by atoms with Gasteiger partial charge in [-0.2, -0.15) is 0 Å². The van der Waals surface area contributed by atoms with Crippen molar-refractivity contribution in [3.63, 3.8) is 0 Å². The predicted molar refractivity (Wildman–Crippen MR) is 107 cm³/mol. The molecular weight excluding hydrogens is 384 g/mol. The molecule has 0 aromatic heterocycles. The molecule has 1 aromatic carbocycles. The van der Waals surface area contributed by atoms with E-state index in [-0.39, 0.29) is 18.7 Å². The topological polar surface area (TPSA) is 108 Å². The number of carbonyl (C=O) groups is 4. The predicted octanol–water partition coefficient (Wildman–Crippen LogP) is 0.566. The third-order valence-electron chi connectivity index (χ3n) is 7.05. The van der Waals surface area contributed by atoms with Crippen molar-refractivity contribution >= 4 is 23.6 Å². The van der Waals surface area contributed by atoms with Gasteiger partial charge in [0.25, 0.3) is 11.8 Å². The summed E-state index contributed by atoms with van der Waals surface area (Å²) >= 11 is 0. The summed E-state index contributed by atoms with van der Waals surface area (Å²) < 4.78 is 0. The Morgan fingerprint density at radius 3 is 2.60 bits per heavy atom. The van der Waals surface area contributed by atoms with Gasteiger partial charge in [-0.1, -0.05) is 6.07 Å². The summed E-state index contributed by atoms with van der Waals surface area (Å²) in [4.78, 5) is 50.3. The van der Waals surface area contributed by atoms with Crippen molar-refractivity contribution in [1.29, 1.82) is 0 Å². The Morgan fingerprint density at radius 1 is 0.967 bits per heavy atom. The average Bonchev–Trinajstić information content (AvgIpc) is 3.30. The number of hydrogen-bond donors (Lipinski definition) is 3. The first-order valence-corrected chi connectivity index (χ1v) is 10.8. The zero-order valence-electron chi connectivity index (χ0n) is 16.8. The minimum Gasteiger partial charge on any atom is -0.316 e. The van der Waals surface area contributed by atoms with Crippen LogP contribution in [0.25, 0.3) is 0 Å². The second-order valence-corrected chi connectivity index (χ2v) is 8.90. The Hall–Kier alpha value is -2.58. The second kappa shape index (κ2) is 7.59. The number of carbonyl (C=O) groups excluding carboxylic acids is 4. The maximum atomic E-state index is 12.9. The molecule has 4 unspecified atom stereocenters. The zero-order chi connectivity index (χ0) is 20.8. The lowest BCUT2D eigenvalue weighted by Crippen LogP contribution is -2.54. The number of hydrogen-bond acceptors (Lipinski definition) is 6. The number of nitrogens with zero attached hydrogens (tertiary/aromatic N) is 1. The van der Waals surface area contributed by atoms with E-state index in [4.69, 9.17) is 0 Å². The van der Waals surface area contributed by atoms with Gasteiger partial charge in [0, 0.05) is 19.0 Å². The van der Waals surface area contributed by atoms with Gasteiger partial charge < -0.3 is 10.6 Å². The molecule has 8 nitrogen and oxygen atoms in total.